The maximum absolute atomic E-state index is 12.2. The number of carbonyl (C=O) groups excluding carboxylic acids is 2. The molecule has 8 heteroatoms. The summed E-state index contributed by atoms with van der Waals surface area (Å²) >= 11 is 0. The van der Waals surface area contributed by atoms with E-state index >= 15 is 0 Å². The van der Waals surface area contributed by atoms with E-state index < -0.39 is 0 Å². The van der Waals surface area contributed by atoms with Crippen molar-refractivity contribution in [1.29, 1.82) is 0 Å². The Morgan fingerprint density at radius 1 is 1.14 bits per heavy atom. The summed E-state index contributed by atoms with van der Waals surface area (Å²) in [4.78, 5) is 24.3. The molecule has 0 fully saturated rings. The SMILES string of the molecule is Cc1cccc(NC(=O)NCCn2nnc3cc(C(=O)NC(C)C)ccc32)c1C. The average Bonchev–Trinajstić information content (AvgIpc) is 3.07. The Bertz CT molecular complexity index is 1040. The van der Waals surface area contributed by atoms with Gasteiger partial charge in [0.15, 0.2) is 0 Å². The zero-order chi connectivity index (χ0) is 21.0. The van der Waals surface area contributed by atoms with E-state index in [0.717, 1.165) is 22.3 Å². The molecule has 0 saturated carbocycles. The fourth-order valence-electron chi connectivity index (χ4n) is 2.95. The molecular weight excluding hydrogens is 368 g/mol. The molecule has 0 unspecified atom stereocenters. The first-order valence-corrected chi connectivity index (χ1v) is 9.60. The van der Waals surface area contributed by atoms with Crippen LogP contribution in [0.3, 0.4) is 0 Å². The van der Waals surface area contributed by atoms with Gasteiger partial charge in [-0.1, -0.05) is 17.3 Å². The second-order valence-corrected chi connectivity index (χ2v) is 7.27. The smallest absolute Gasteiger partial charge is 0.319 e. The lowest BCUT2D eigenvalue weighted by atomic mass is 10.1. The van der Waals surface area contributed by atoms with E-state index in [2.05, 4.69) is 26.3 Å². The van der Waals surface area contributed by atoms with Gasteiger partial charge in [0.2, 0.25) is 0 Å². The van der Waals surface area contributed by atoms with Gasteiger partial charge in [-0.2, -0.15) is 0 Å². The van der Waals surface area contributed by atoms with Crippen LogP contribution in [-0.2, 0) is 6.54 Å². The van der Waals surface area contributed by atoms with Crippen LogP contribution in [0, 0.1) is 13.8 Å². The Balaban J connectivity index is 1.58. The van der Waals surface area contributed by atoms with Crippen molar-refractivity contribution >= 4 is 28.7 Å². The topological polar surface area (TPSA) is 101 Å². The molecule has 0 spiro atoms. The van der Waals surface area contributed by atoms with Crippen molar-refractivity contribution in [3.05, 3.63) is 53.1 Å². The number of anilines is 1. The van der Waals surface area contributed by atoms with Crippen LogP contribution in [0.1, 0.15) is 35.3 Å². The van der Waals surface area contributed by atoms with Crippen LogP contribution >= 0.6 is 0 Å². The van der Waals surface area contributed by atoms with Crippen LogP contribution in [-0.4, -0.2) is 39.5 Å². The normalized spacial score (nSPS) is 10.9. The molecule has 0 atom stereocenters. The van der Waals surface area contributed by atoms with E-state index in [0.29, 0.717) is 24.2 Å². The highest BCUT2D eigenvalue weighted by atomic mass is 16.2. The molecule has 1 aromatic heterocycles. The molecule has 0 bridgehead atoms. The third-order valence-corrected chi connectivity index (χ3v) is 4.66. The predicted molar refractivity (Wildman–Crippen MR) is 113 cm³/mol. The Morgan fingerprint density at radius 3 is 2.69 bits per heavy atom. The number of aryl methyl sites for hydroxylation is 1. The summed E-state index contributed by atoms with van der Waals surface area (Å²) < 4.78 is 1.71. The molecule has 0 aliphatic heterocycles. The van der Waals surface area contributed by atoms with Crippen molar-refractivity contribution in [3.63, 3.8) is 0 Å². The summed E-state index contributed by atoms with van der Waals surface area (Å²) in [7, 11) is 0. The Labute approximate surface area is 169 Å². The molecule has 3 aromatic rings. The maximum Gasteiger partial charge on any atom is 0.319 e. The van der Waals surface area contributed by atoms with Gasteiger partial charge in [-0.15, -0.1) is 5.10 Å². The van der Waals surface area contributed by atoms with Crippen LogP contribution < -0.4 is 16.0 Å². The summed E-state index contributed by atoms with van der Waals surface area (Å²) in [5.41, 5.74) is 4.95. The Kier molecular flexibility index (Phi) is 6.11. The number of aromatic nitrogens is 3. The number of benzene rings is 2. The van der Waals surface area contributed by atoms with Crippen molar-refractivity contribution in [2.24, 2.45) is 0 Å². The average molecular weight is 394 g/mol. The summed E-state index contributed by atoms with van der Waals surface area (Å²) in [6.45, 7) is 8.67. The van der Waals surface area contributed by atoms with Crippen LogP contribution in [0.4, 0.5) is 10.5 Å². The third-order valence-electron chi connectivity index (χ3n) is 4.66. The van der Waals surface area contributed by atoms with Crippen LogP contribution in [0.25, 0.3) is 11.0 Å². The van der Waals surface area contributed by atoms with Crippen molar-refractivity contribution in [2.75, 3.05) is 11.9 Å². The van der Waals surface area contributed by atoms with E-state index in [-0.39, 0.29) is 18.0 Å². The summed E-state index contributed by atoms with van der Waals surface area (Å²) in [5, 5.41) is 16.8. The molecule has 0 saturated heterocycles. The van der Waals surface area contributed by atoms with E-state index in [1.54, 1.807) is 16.8 Å². The van der Waals surface area contributed by atoms with Gasteiger partial charge in [-0.05, 0) is 63.1 Å². The molecular formula is C21H26N6O2. The molecule has 29 heavy (non-hydrogen) atoms. The molecule has 0 radical (unpaired) electrons. The number of nitrogens with zero attached hydrogens (tertiary/aromatic N) is 3. The van der Waals surface area contributed by atoms with Crippen molar-refractivity contribution < 1.29 is 9.59 Å². The molecule has 2 aromatic carbocycles. The van der Waals surface area contributed by atoms with Crippen LogP contribution in [0.2, 0.25) is 0 Å². The third kappa shape index (κ3) is 4.90. The monoisotopic (exact) mass is 394 g/mol. The number of hydrogen-bond donors (Lipinski definition) is 3. The summed E-state index contributed by atoms with van der Waals surface area (Å²) in [5.74, 6) is -0.138. The largest absolute Gasteiger partial charge is 0.350 e. The first kappa shape index (κ1) is 20.3. The highest BCUT2D eigenvalue weighted by molar-refractivity contribution is 5.97. The van der Waals surface area contributed by atoms with Gasteiger partial charge in [0.25, 0.3) is 5.91 Å². The van der Waals surface area contributed by atoms with E-state index in [9.17, 15) is 9.59 Å². The van der Waals surface area contributed by atoms with E-state index in [1.807, 2.05) is 52.0 Å². The van der Waals surface area contributed by atoms with Gasteiger partial charge in [0, 0.05) is 23.8 Å². The number of nitrogens with one attached hydrogen (secondary N) is 3. The van der Waals surface area contributed by atoms with Gasteiger partial charge in [-0.3, -0.25) is 4.79 Å². The number of amides is 3. The quantitative estimate of drug-likeness (QED) is 0.598. The number of rotatable bonds is 6. The van der Waals surface area contributed by atoms with Crippen molar-refractivity contribution in [1.82, 2.24) is 25.6 Å². The van der Waals surface area contributed by atoms with Gasteiger partial charge in [0.1, 0.15) is 5.52 Å². The van der Waals surface area contributed by atoms with Crippen LogP contribution in [0.5, 0.6) is 0 Å². The fourth-order valence-corrected chi connectivity index (χ4v) is 2.95. The predicted octanol–water partition coefficient (Wildman–Crippen LogP) is 3.01. The van der Waals surface area contributed by atoms with Crippen molar-refractivity contribution in [2.45, 2.75) is 40.3 Å². The lowest BCUT2D eigenvalue weighted by molar-refractivity contribution is 0.0943. The van der Waals surface area contributed by atoms with Crippen LogP contribution in [0.15, 0.2) is 36.4 Å². The first-order valence-electron chi connectivity index (χ1n) is 9.60. The standard InChI is InChI=1S/C21H26N6O2/c1-13(2)23-20(28)16-8-9-19-18(12-16)25-26-27(19)11-10-22-21(29)24-17-7-5-6-14(3)15(17)4/h5-9,12-13H,10-11H2,1-4H3,(H,23,28)(H2,22,24,29). The zero-order valence-corrected chi connectivity index (χ0v) is 17.1. The van der Waals surface area contributed by atoms with E-state index in [1.165, 1.54) is 0 Å². The summed E-state index contributed by atoms with van der Waals surface area (Å²) in [6, 6.07) is 10.9. The van der Waals surface area contributed by atoms with Gasteiger partial charge in [-0.25, -0.2) is 9.48 Å². The minimum atomic E-state index is -0.268. The second-order valence-electron chi connectivity index (χ2n) is 7.27. The van der Waals surface area contributed by atoms with Gasteiger partial charge in [0.05, 0.1) is 12.1 Å². The number of fused-ring (bicyclic) bond motifs is 1. The summed E-state index contributed by atoms with van der Waals surface area (Å²) in [6.07, 6.45) is 0. The minimum absolute atomic E-state index is 0.0645. The zero-order valence-electron chi connectivity index (χ0n) is 17.1. The highest BCUT2D eigenvalue weighted by Gasteiger charge is 2.11. The fraction of sp³-hybridized carbons (Fsp3) is 0.333. The molecule has 1 heterocycles. The minimum Gasteiger partial charge on any atom is -0.350 e. The molecule has 3 N–H and O–H groups in total. The lowest BCUT2D eigenvalue weighted by Gasteiger charge is -2.11. The Morgan fingerprint density at radius 2 is 1.93 bits per heavy atom. The molecule has 152 valence electrons. The maximum atomic E-state index is 12.2. The van der Waals surface area contributed by atoms with Gasteiger partial charge < -0.3 is 16.0 Å². The molecule has 8 nitrogen and oxygen atoms in total. The number of hydrogen-bond acceptors (Lipinski definition) is 4. The molecule has 3 amide bonds. The lowest BCUT2D eigenvalue weighted by Crippen LogP contribution is -2.32. The Hall–Kier alpha value is -3.42. The molecule has 0 aliphatic carbocycles. The van der Waals surface area contributed by atoms with Gasteiger partial charge >= 0.3 is 6.03 Å². The highest BCUT2D eigenvalue weighted by Crippen LogP contribution is 2.17. The van der Waals surface area contributed by atoms with Crippen molar-refractivity contribution in [3.8, 4) is 0 Å². The number of carbonyl (C=O) groups is 2. The molecule has 3 rings (SSSR count). The van der Waals surface area contributed by atoms with E-state index in [4.69, 9.17) is 0 Å². The second kappa shape index (κ2) is 8.72. The molecule has 0 aliphatic rings. The first-order chi connectivity index (χ1) is 13.8. The number of urea groups is 1.